The van der Waals surface area contributed by atoms with Crippen molar-refractivity contribution in [1.29, 1.82) is 0 Å². The fraction of sp³-hybridized carbons (Fsp3) is 0.361. The van der Waals surface area contributed by atoms with Gasteiger partial charge in [0.25, 0.3) is 5.92 Å². The lowest BCUT2D eigenvalue weighted by atomic mass is 9.97. The molecule has 3 atom stereocenters. The molecule has 3 fully saturated rings. The molecule has 1 saturated carbocycles. The van der Waals surface area contributed by atoms with Crippen molar-refractivity contribution >= 4 is 38.3 Å². The summed E-state index contributed by atoms with van der Waals surface area (Å²) < 4.78 is 69.0. The summed E-state index contributed by atoms with van der Waals surface area (Å²) in [4.78, 5) is 15.2. The molecule has 4 aromatic rings. The summed E-state index contributed by atoms with van der Waals surface area (Å²) in [7, 11) is -4.56. The molecule has 11 heteroatoms. The molecule has 3 aliphatic rings. The van der Waals surface area contributed by atoms with Gasteiger partial charge >= 0.3 is 0 Å². The highest BCUT2D eigenvalue weighted by Crippen LogP contribution is 2.38. The number of nitrogens with one attached hydrogen (secondary N) is 2. The van der Waals surface area contributed by atoms with Gasteiger partial charge in [0, 0.05) is 36.3 Å². The number of fused-ring (bicyclic) bond motifs is 2. The fourth-order valence-corrected chi connectivity index (χ4v) is 8.48. The van der Waals surface area contributed by atoms with Crippen LogP contribution in [0.1, 0.15) is 37.7 Å². The number of sulfonamides is 1. The van der Waals surface area contributed by atoms with Gasteiger partial charge in [-0.2, -0.15) is 13.5 Å². The van der Waals surface area contributed by atoms with Crippen LogP contribution in [0.3, 0.4) is 0 Å². The first-order valence-electron chi connectivity index (χ1n) is 16.1. The molecule has 2 heterocycles. The molecule has 47 heavy (non-hydrogen) atoms. The molecular formula is C36H36ClF2N3O4S. The highest BCUT2D eigenvalue weighted by molar-refractivity contribution is 7.89. The van der Waals surface area contributed by atoms with Gasteiger partial charge in [-0.15, -0.1) is 0 Å². The molecule has 1 aliphatic carbocycles. The topological polar surface area (TPSA) is 87.7 Å². The number of nitrogens with zero attached hydrogens (tertiary/aromatic N) is 1. The lowest BCUT2D eigenvalue weighted by Gasteiger charge is -2.33. The van der Waals surface area contributed by atoms with Crippen LogP contribution in [0.2, 0.25) is 5.02 Å². The summed E-state index contributed by atoms with van der Waals surface area (Å²) in [5.74, 6) is -3.95. The molecule has 1 amide bonds. The first-order chi connectivity index (χ1) is 22.6. The van der Waals surface area contributed by atoms with Crippen LogP contribution in [0.15, 0.2) is 89.8 Å². The largest absolute Gasteiger partial charge is 0.490 e. The van der Waals surface area contributed by atoms with Crippen LogP contribution < -0.4 is 14.8 Å². The zero-order valence-corrected chi connectivity index (χ0v) is 27.2. The maximum Gasteiger partial charge on any atom is 0.298 e. The minimum Gasteiger partial charge on any atom is -0.490 e. The maximum absolute atomic E-state index is 16.5. The van der Waals surface area contributed by atoms with E-state index in [1.165, 1.54) is 41.3 Å². The highest BCUT2D eigenvalue weighted by Gasteiger charge is 2.52. The maximum atomic E-state index is 16.5. The van der Waals surface area contributed by atoms with Crippen LogP contribution in [-0.4, -0.2) is 57.0 Å². The molecule has 4 aromatic carbocycles. The van der Waals surface area contributed by atoms with E-state index in [1.807, 2.05) is 6.07 Å². The number of amides is 1. The van der Waals surface area contributed by atoms with E-state index in [2.05, 4.69) is 10.0 Å². The number of carbonyl (C=O) groups excluding carboxylic acids is 1. The minimum absolute atomic E-state index is 0.145. The average Bonchev–Trinajstić information content (AvgIpc) is 3.84. The van der Waals surface area contributed by atoms with Crippen molar-refractivity contribution in [3.8, 4) is 16.9 Å². The Bertz CT molecular complexity index is 1880. The Labute approximate surface area is 278 Å². The number of ether oxygens (including phenoxy) is 1. The van der Waals surface area contributed by atoms with Crippen molar-refractivity contribution in [2.24, 2.45) is 5.92 Å². The van der Waals surface area contributed by atoms with E-state index < -0.39 is 33.5 Å². The Kier molecular flexibility index (Phi) is 8.72. The van der Waals surface area contributed by atoms with Gasteiger partial charge in [-0.3, -0.25) is 4.79 Å². The van der Waals surface area contributed by atoms with Crippen LogP contribution in [0.5, 0.6) is 5.75 Å². The predicted molar refractivity (Wildman–Crippen MR) is 178 cm³/mol. The van der Waals surface area contributed by atoms with Gasteiger partial charge < -0.3 is 15.0 Å². The van der Waals surface area contributed by atoms with Crippen molar-refractivity contribution in [3.63, 3.8) is 0 Å². The summed E-state index contributed by atoms with van der Waals surface area (Å²) in [5.41, 5.74) is 0.991. The van der Waals surface area contributed by atoms with Gasteiger partial charge in [-0.1, -0.05) is 60.1 Å². The van der Waals surface area contributed by atoms with Crippen LogP contribution in [-0.2, 0) is 20.7 Å². The average molecular weight is 680 g/mol. The molecular weight excluding hydrogens is 644 g/mol. The number of hydrogen-bond acceptors (Lipinski definition) is 5. The number of alkyl halides is 2. The van der Waals surface area contributed by atoms with E-state index in [0.29, 0.717) is 47.8 Å². The number of carbonyl (C=O) groups is 1. The number of hydrogen-bond donors (Lipinski definition) is 2. The SMILES string of the molecule is O=C([C@@H](NS(=O)(=O)c1ccc2cc(OC3CCCC3)ccc2c1)C(F)(F)c1ccc(-c2ccc(Cl)cc2)cc1)N1CC[C@H]2CNC[C@H]21. The molecule has 0 radical (unpaired) electrons. The Morgan fingerprint density at radius 2 is 1.55 bits per heavy atom. The molecule has 2 saturated heterocycles. The van der Waals surface area contributed by atoms with Crippen LogP contribution in [0, 0.1) is 5.92 Å². The van der Waals surface area contributed by atoms with Gasteiger partial charge in [-0.25, -0.2) is 8.42 Å². The third-order valence-corrected chi connectivity index (χ3v) is 11.4. The third-order valence-electron chi connectivity index (χ3n) is 9.76. The minimum atomic E-state index is -4.56. The second-order valence-electron chi connectivity index (χ2n) is 12.8. The highest BCUT2D eigenvalue weighted by atomic mass is 35.5. The van der Waals surface area contributed by atoms with Crippen molar-refractivity contribution in [2.75, 3.05) is 19.6 Å². The van der Waals surface area contributed by atoms with Crippen LogP contribution >= 0.6 is 11.6 Å². The van der Waals surface area contributed by atoms with E-state index in [4.69, 9.17) is 16.3 Å². The van der Waals surface area contributed by atoms with Crippen molar-refractivity contribution in [2.45, 2.75) is 61.1 Å². The van der Waals surface area contributed by atoms with Gasteiger partial charge in [0.15, 0.2) is 6.04 Å². The number of halogens is 3. The second kappa shape index (κ2) is 12.8. The lowest BCUT2D eigenvalue weighted by molar-refractivity contribution is -0.145. The van der Waals surface area contributed by atoms with Crippen molar-refractivity contribution < 1.29 is 26.7 Å². The van der Waals surface area contributed by atoms with Crippen molar-refractivity contribution in [1.82, 2.24) is 14.9 Å². The zero-order valence-electron chi connectivity index (χ0n) is 25.7. The number of likely N-dealkylation sites (tertiary alicyclic amines) is 1. The van der Waals surface area contributed by atoms with Crippen molar-refractivity contribution in [3.05, 3.63) is 95.5 Å². The lowest BCUT2D eigenvalue weighted by Crippen LogP contribution is -2.57. The number of rotatable bonds is 9. The molecule has 0 spiro atoms. The van der Waals surface area contributed by atoms with E-state index in [-0.39, 0.29) is 23.0 Å². The first-order valence-corrected chi connectivity index (χ1v) is 17.9. The summed E-state index contributed by atoms with van der Waals surface area (Å²) >= 11 is 6.00. The molecule has 2 aliphatic heterocycles. The summed E-state index contributed by atoms with van der Waals surface area (Å²) in [5, 5.41) is 5.14. The first kappa shape index (κ1) is 32.0. The Morgan fingerprint density at radius 3 is 2.28 bits per heavy atom. The van der Waals surface area contributed by atoms with E-state index in [1.54, 1.807) is 42.5 Å². The van der Waals surface area contributed by atoms with Crippen LogP contribution in [0.4, 0.5) is 8.78 Å². The standard InChI is InChI=1S/C36H36ClF2N3O4S/c37-29-13-7-24(8-14-29)23-5-11-28(12-6-23)36(38,39)34(35(43)42-18-17-27-21-40-22-33(27)42)41-47(44,45)32-16-10-25-19-31(15-9-26(25)20-32)46-30-3-1-2-4-30/h5-16,19-20,27,30,33-34,40-41H,1-4,17-18,21-22H2/t27-,33+,34+/m0/s1. The third kappa shape index (κ3) is 6.48. The number of benzene rings is 4. The summed E-state index contributed by atoms with van der Waals surface area (Å²) in [6, 6.07) is 19.7. The molecule has 246 valence electrons. The quantitative estimate of drug-likeness (QED) is 0.205. The van der Waals surface area contributed by atoms with Gasteiger partial charge in [0.2, 0.25) is 15.9 Å². The Morgan fingerprint density at radius 1 is 0.894 bits per heavy atom. The zero-order chi connectivity index (χ0) is 32.8. The summed E-state index contributed by atoms with van der Waals surface area (Å²) in [6.45, 7) is 1.47. The Balaban J connectivity index is 1.19. The van der Waals surface area contributed by atoms with E-state index in [9.17, 15) is 13.2 Å². The predicted octanol–water partition coefficient (Wildman–Crippen LogP) is 6.74. The second-order valence-corrected chi connectivity index (χ2v) is 14.9. The molecule has 0 bridgehead atoms. The molecule has 0 unspecified atom stereocenters. The smallest absolute Gasteiger partial charge is 0.298 e. The fourth-order valence-electron chi connectivity index (χ4n) is 7.13. The Hall–Kier alpha value is -3.57. The monoisotopic (exact) mass is 679 g/mol. The molecule has 7 rings (SSSR count). The van der Waals surface area contributed by atoms with Crippen LogP contribution in [0.25, 0.3) is 21.9 Å². The molecule has 0 aromatic heterocycles. The van der Waals surface area contributed by atoms with Gasteiger partial charge in [-0.05, 0) is 96.3 Å². The molecule has 7 nitrogen and oxygen atoms in total. The van der Waals surface area contributed by atoms with E-state index in [0.717, 1.165) is 36.6 Å². The van der Waals surface area contributed by atoms with Gasteiger partial charge in [0.1, 0.15) is 5.75 Å². The normalized spacial score (nSPS) is 20.9. The van der Waals surface area contributed by atoms with E-state index >= 15 is 8.78 Å². The molecule has 2 N–H and O–H groups in total. The summed E-state index contributed by atoms with van der Waals surface area (Å²) in [6.07, 6.45) is 5.13. The van der Waals surface area contributed by atoms with Gasteiger partial charge in [0.05, 0.1) is 11.0 Å².